The van der Waals surface area contributed by atoms with E-state index in [4.69, 9.17) is 11.6 Å². The Morgan fingerprint density at radius 3 is 2.14 bits per heavy atom. The maximum Gasteiger partial charge on any atom is 0.254 e. The lowest BCUT2D eigenvalue weighted by molar-refractivity contribution is -0.133. The van der Waals surface area contributed by atoms with Crippen LogP contribution in [0, 0.1) is 11.8 Å². The van der Waals surface area contributed by atoms with Crippen LogP contribution in [-0.2, 0) is 24.3 Å². The van der Waals surface area contributed by atoms with Crippen LogP contribution in [0.2, 0.25) is 5.02 Å². The summed E-state index contributed by atoms with van der Waals surface area (Å²) < 4.78 is 2.13. The molecule has 0 saturated carbocycles. The second-order valence-electron chi connectivity index (χ2n) is 10.5. The first-order chi connectivity index (χ1) is 17.7. The molecule has 37 heavy (non-hydrogen) atoms. The third-order valence-electron chi connectivity index (χ3n) is 6.32. The standard InChI is InChI=1S/C31H40ClN3O2/c1-6-25-13-15-26(16-14-25)31(37)35(19-24(4)5)22-30(36)34(18-23(2)3)21-28-11-9-17-33(28)20-27-10-7-8-12-29(27)32/h7-17,23-24H,6,18-22H2,1-5H3. The third-order valence-corrected chi connectivity index (χ3v) is 6.69. The third kappa shape index (κ3) is 8.22. The number of hydrogen-bond donors (Lipinski definition) is 0. The summed E-state index contributed by atoms with van der Waals surface area (Å²) in [5.41, 5.74) is 3.87. The zero-order valence-electron chi connectivity index (χ0n) is 22.8. The topological polar surface area (TPSA) is 45.6 Å². The summed E-state index contributed by atoms with van der Waals surface area (Å²) in [7, 11) is 0. The largest absolute Gasteiger partial charge is 0.345 e. The highest BCUT2D eigenvalue weighted by Crippen LogP contribution is 2.19. The van der Waals surface area contributed by atoms with Gasteiger partial charge in [-0.1, -0.05) is 76.6 Å². The summed E-state index contributed by atoms with van der Waals surface area (Å²) in [5.74, 6) is 0.402. The van der Waals surface area contributed by atoms with Gasteiger partial charge in [0.25, 0.3) is 5.91 Å². The van der Waals surface area contributed by atoms with Crippen LogP contribution in [0.1, 0.15) is 61.8 Å². The minimum absolute atomic E-state index is 0.0432. The average molecular weight is 522 g/mol. The number of benzene rings is 2. The molecule has 1 aromatic heterocycles. The average Bonchev–Trinajstić information content (AvgIpc) is 3.30. The lowest BCUT2D eigenvalue weighted by Gasteiger charge is -2.30. The molecule has 0 aliphatic heterocycles. The van der Waals surface area contributed by atoms with Crippen molar-refractivity contribution < 1.29 is 9.59 Å². The molecule has 0 unspecified atom stereocenters. The van der Waals surface area contributed by atoms with Crippen LogP contribution in [0.3, 0.4) is 0 Å². The number of amides is 2. The predicted octanol–water partition coefficient (Wildman–Crippen LogP) is 6.54. The van der Waals surface area contributed by atoms with Gasteiger partial charge in [0, 0.05) is 42.1 Å². The van der Waals surface area contributed by atoms with Gasteiger partial charge in [0.1, 0.15) is 6.54 Å². The number of aromatic nitrogens is 1. The molecule has 3 aromatic rings. The van der Waals surface area contributed by atoms with Crippen LogP contribution in [0.5, 0.6) is 0 Å². The lowest BCUT2D eigenvalue weighted by atomic mass is 10.1. The molecule has 3 rings (SSSR count). The summed E-state index contributed by atoms with van der Waals surface area (Å²) in [4.78, 5) is 30.6. The molecule has 0 spiro atoms. The van der Waals surface area contributed by atoms with Crippen LogP contribution in [-0.4, -0.2) is 45.8 Å². The van der Waals surface area contributed by atoms with Crippen LogP contribution in [0.15, 0.2) is 66.9 Å². The van der Waals surface area contributed by atoms with Crippen LogP contribution in [0.4, 0.5) is 0 Å². The Morgan fingerprint density at radius 2 is 1.51 bits per heavy atom. The Morgan fingerprint density at radius 1 is 0.865 bits per heavy atom. The van der Waals surface area contributed by atoms with Gasteiger partial charge in [-0.15, -0.1) is 0 Å². The molecule has 0 aliphatic rings. The fourth-order valence-electron chi connectivity index (χ4n) is 4.44. The normalized spacial score (nSPS) is 11.2. The summed E-state index contributed by atoms with van der Waals surface area (Å²) in [6.07, 6.45) is 2.94. The smallest absolute Gasteiger partial charge is 0.254 e. The molecule has 0 saturated heterocycles. The Labute approximate surface area is 227 Å². The molecule has 5 nitrogen and oxygen atoms in total. The van der Waals surface area contributed by atoms with Crippen molar-refractivity contribution in [2.24, 2.45) is 11.8 Å². The van der Waals surface area contributed by atoms with E-state index >= 15 is 0 Å². The molecule has 6 heteroatoms. The van der Waals surface area contributed by atoms with Crippen molar-refractivity contribution in [3.8, 4) is 0 Å². The second-order valence-corrected chi connectivity index (χ2v) is 10.9. The van der Waals surface area contributed by atoms with E-state index in [0.29, 0.717) is 37.7 Å². The van der Waals surface area contributed by atoms with Crippen molar-refractivity contribution in [3.05, 3.63) is 94.3 Å². The second kappa shape index (κ2) is 13.5. The van der Waals surface area contributed by atoms with Gasteiger partial charge < -0.3 is 14.4 Å². The Bertz CT molecular complexity index is 1170. The first-order valence-corrected chi connectivity index (χ1v) is 13.6. The molecule has 0 aliphatic carbocycles. The van der Waals surface area contributed by atoms with Crippen LogP contribution < -0.4 is 0 Å². The number of hydrogen-bond acceptors (Lipinski definition) is 2. The van der Waals surface area contributed by atoms with Crippen molar-refractivity contribution in [3.63, 3.8) is 0 Å². The van der Waals surface area contributed by atoms with Gasteiger partial charge in [0.05, 0.1) is 6.54 Å². The van der Waals surface area contributed by atoms with Gasteiger partial charge >= 0.3 is 0 Å². The quantitative estimate of drug-likeness (QED) is 0.272. The van der Waals surface area contributed by atoms with Gasteiger partial charge in [-0.25, -0.2) is 0 Å². The summed E-state index contributed by atoms with van der Waals surface area (Å²) >= 11 is 6.40. The van der Waals surface area contributed by atoms with E-state index in [1.807, 2.05) is 71.8 Å². The summed E-state index contributed by atoms with van der Waals surface area (Å²) in [6.45, 7) is 12.8. The Kier molecular flexibility index (Phi) is 10.4. The zero-order valence-corrected chi connectivity index (χ0v) is 23.5. The zero-order chi connectivity index (χ0) is 26.9. The minimum atomic E-state index is -0.101. The van der Waals surface area contributed by atoms with Crippen LogP contribution in [0.25, 0.3) is 0 Å². The molecular formula is C31H40ClN3O2. The van der Waals surface area contributed by atoms with E-state index in [1.54, 1.807) is 4.90 Å². The van der Waals surface area contributed by atoms with Crippen molar-refractivity contribution in [2.45, 2.75) is 54.1 Å². The SMILES string of the molecule is CCc1ccc(C(=O)N(CC(=O)N(Cc2cccn2Cc2ccccc2Cl)CC(C)C)CC(C)C)cc1. The van der Waals surface area contributed by atoms with Gasteiger partial charge in [-0.2, -0.15) is 0 Å². The number of halogens is 1. The minimum Gasteiger partial charge on any atom is -0.345 e. The molecule has 0 radical (unpaired) electrons. The Balaban J connectivity index is 1.79. The van der Waals surface area contributed by atoms with E-state index in [9.17, 15) is 9.59 Å². The maximum atomic E-state index is 13.7. The summed E-state index contributed by atoms with van der Waals surface area (Å²) in [5, 5.41) is 0.729. The predicted molar refractivity (Wildman–Crippen MR) is 152 cm³/mol. The first kappa shape index (κ1) is 28.5. The maximum absolute atomic E-state index is 13.7. The highest BCUT2D eigenvalue weighted by Gasteiger charge is 2.24. The highest BCUT2D eigenvalue weighted by atomic mass is 35.5. The molecule has 0 fully saturated rings. The van der Waals surface area contributed by atoms with Crippen molar-refractivity contribution in [1.82, 2.24) is 14.4 Å². The molecule has 0 N–H and O–H groups in total. The number of rotatable bonds is 12. The number of nitrogens with zero attached hydrogens (tertiary/aromatic N) is 3. The molecule has 0 atom stereocenters. The van der Waals surface area contributed by atoms with Gasteiger partial charge in [-0.3, -0.25) is 9.59 Å². The monoisotopic (exact) mass is 521 g/mol. The lowest BCUT2D eigenvalue weighted by Crippen LogP contribution is -2.45. The van der Waals surface area contributed by atoms with Crippen LogP contribution >= 0.6 is 11.6 Å². The van der Waals surface area contributed by atoms with Crippen molar-refractivity contribution >= 4 is 23.4 Å². The van der Waals surface area contributed by atoms with E-state index in [1.165, 1.54) is 5.56 Å². The molecule has 2 aromatic carbocycles. The van der Waals surface area contributed by atoms with E-state index in [2.05, 4.69) is 39.2 Å². The molecule has 198 valence electrons. The molecule has 2 amide bonds. The van der Waals surface area contributed by atoms with E-state index < -0.39 is 0 Å². The van der Waals surface area contributed by atoms with Gasteiger partial charge in [-0.05, 0) is 59.7 Å². The van der Waals surface area contributed by atoms with E-state index in [-0.39, 0.29) is 24.3 Å². The number of aryl methyl sites for hydroxylation is 1. The fraction of sp³-hybridized carbons (Fsp3) is 0.419. The van der Waals surface area contributed by atoms with Gasteiger partial charge in [0.2, 0.25) is 5.91 Å². The number of carbonyl (C=O) groups is 2. The fourth-order valence-corrected chi connectivity index (χ4v) is 4.63. The van der Waals surface area contributed by atoms with Gasteiger partial charge in [0.15, 0.2) is 0 Å². The Hall–Kier alpha value is -3.05. The summed E-state index contributed by atoms with van der Waals surface area (Å²) in [6, 6.07) is 19.6. The first-order valence-electron chi connectivity index (χ1n) is 13.2. The highest BCUT2D eigenvalue weighted by molar-refractivity contribution is 6.31. The van der Waals surface area contributed by atoms with E-state index in [0.717, 1.165) is 22.7 Å². The molecular weight excluding hydrogens is 482 g/mol. The molecule has 0 bridgehead atoms. The van der Waals surface area contributed by atoms with Crippen molar-refractivity contribution in [1.29, 1.82) is 0 Å². The van der Waals surface area contributed by atoms with Crippen molar-refractivity contribution in [2.75, 3.05) is 19.6 Å². The number of carbonyl (C=O) groups excluding carboxylic acids is 2. The molecule has 1 heterocycles.